The first kappa shape index (κ1) is 34.1. The van der Waals surface area contributed by atoms with Gasteiger partial charge < -0.3 is 0 Å². The first-order chi connectivity index (χ1) is 23.9. The number of allylic oxidation sites excluding steroid dienone is 2. The predicted octanol–water partition coefficient (Wildman–Crippen LogP) is 14.2. The topological polar surface area (TPSA) is 0 Å². The molecular weight excluding hydrogens is 743 g/mol. The van der Waals surface area contributed by atoms with Gasteiger partial charge in [-0.2, -0.15) is 0 Å². The van der Waals surface area contributed by atoms with Crippen molar-refractivity contribution in [3.05, 3.63) is 154 Å². The van der Waals surface area contributed by atoms with Crippen molar-refractivity contribution in [1.29, 1.82) is 0 Å². The zero-order chi connectivity index (χ0) is 35.1. The van der Waals surface area contributed by atoms with Crippen LogP contribution in [0.4, 0.5) is 0 Å². The summed E-state index contributed by atoms with van der Waals surface area (Å²) in [6.45, 7) is 16.5. The van der Waals surface area contributed by atoms with Gasteiger partial charge in [-0.25, -0.2) is 0 Å². The summed E-state index contributed by atoms with van der Waals surface area (Å²) in [4.78, 5) is 0. The molecule has 0 radical (unpaired) electrons. The van der Waals surface area contributed by atoms with Crippen molar-refractivity contribution in [1.82, 2.24) is 0 Å². The van der Waals surface area contributed by atoms with Gasteiger partial charge in [0.05, 0.1) is 0 Å². The molecule has 0 aliphatic heterocycles. The zero-order valence-corrected chi connectivity index (χ0v) is 35.2. The van der Waals surface area contributed by atoms with Crippen LogP contribution in [0.5, 0.6) is 0 Å². The number of hydrogen-bond acceptors (Lipinski definition) is 0. The van der Waals surface area contributed by atoms with Crippen molar-refractivity contribution in [2.75, 3.05) is 0 Å². The summed E-state index contributed by atoms with van der Waals surface area (Å²) in [7, 11) is 17.6. The third-order valence-corrected chi connectivity index (χ3v) is 64.1. The summed E-state index contributed by atoms with van der Waals surface area (Å²) in [5.41, 5.74) is 15.9. The van der Waals surface area contributed by atoms with Crippen LogP contribution in [-0.4, -0.2) is 5.92 Å². The van der Waals surface area contributed by atoms with E-state index in [1.54, 1.807) is 0 Å². The van der Waals surface area contributed by atoms with E-state index in [0.717, 1.165) is 0 Å². The Labute approximate surface area is 306 Å². The minimum absolute atomic E-state index is 0.0503. The van der Waals surface area contributed by atoms with Gasteiger partial charge in [-0.15, -0.1) is 0 Å². The fourth-order valence-electron chi connectivity index (χ4n) is 9.49. The molecule has 0 fully saturated rings. The molecule has 0 saturated heterocycles. The first-order valence-corrected chi connectivity index (χ1v) is 34.4. The fourth-order valence-corrected chi connectivity index (χ4v) is 41.7. The molecule has 2 aliphatic carbocycles. The number of benzene rings is 6. The molecule has 4 heteroatoms. The van der Waals surface area contributed by atoms with E-state index in [1.807, 2.05) is 0 Å². The number of rotatable bonds is 6. The van der Waals surface area contributed by atoms with E-state index in [0.29, 0.717) is 5.92 Å². The summed E-state index contributed by atoms with van der Waals surface area (Å²) >= 11 is -4.95. The van der Waals surface area contributed by atoms with Crippen molar-refractivity contribution in [2.24, 2.45) is 5.92 Å². The number of fused-ring (bicyclic) bond motifs is 4. The van der Waals surface area contributed by atoms with Gasteiger partial charge >= 0.3 is 309 Å². The molecule has 0 heterocycles. The van der Waals surface area contributed by atoms with Gasteiger partial charge in [-0.1, -0.05) is 0 Å². The molecule has 2 atom stereocenters. The van der Waals surface area contributed by atoms with Crippen LogP contribution in [0.15, 0.2) is 120 Å². The van der Waals surface area contributed by atoms with E-state index < -0.39 is 21.5 Å². The molecule has 8 rings (SSSR count). The normalized spacial score (nSPS) is 17.9. The summed E-state index contributed by atoms with van der Waals surface area (Å²) in [6, 6.07) is 40.2. The van der Waals surface area contributed by atoms with E-state index in [2.05, 4.69) is 169 Å². The van der Waals surface area contributed by atoms with Crippen LogP contribution < -0.4 is 0 Å². The van der Waals surface area contributed by atoms with Gasteiger partial charge in [0.2, 0.25) is 0 Å². The van der Waals surface area contributed by atoms with E-state index in [4.69, 9.17) is 17.0 Å². The number of aryl methyl sites for hydroxylation is 1. The van der Waals surface area contributed by atoms with Crippen LogP contribution in [0.3, 0.4) is 0 Å². The van der Waals surface area contributed by atoms with Crippen LogP contribution in [0, 0.1) is 19.8 Å². The third-order valence-electron chi connectivity index (χ3n) is 12.2. The number of hydrogen-bond donors (Lipinski definition) is 0. The SMILES string of the molecule is CC1=Cc2c(-c3cccc4ccccc34)cc(C)c(C)c2[CH]1[Zr]([Cl])([Cl])([CH]1C(C(C)C)=Cc2c(-c3cccc4ccccc34)cccc21)[SiH](C)C. The monoisotopic (exact) mass is 785 g/mol. The Bertz CT molecular complexity index is 2420. The van der Waals surface area contributed by atoms with Crippen molar-refractivity contribution >= 4 is 56.6 Å². The van der Waals surface area contributed by atoms with Crippen LogP contribution in [-0.2, 0) is 15.6 Å². The van der Waals surface area contributed by atoms with E-state index >= 15 is 0 Å². The Morgan fingerprint density at radius 1 is 0.600 bits per heavy atom. The molecule has 0 bridgehead atoms. The van der Waals surface area contributed by atoms with Crippen molar-refractivity contribution < 1.29 is 15.6 Å². The van der Waals surface area contributed by atoms with Gasteiger partial charge in [0, 0.05) is 0 Å². The van der Waals surface area contributed by atoms with Crippen LogP contribution in [0.1, 0.15) is 61.4 Å². The third kappa shape index (κ3) is 4.93. The minimum atomic E-state index is -4.95. The fraction of sp³-hybridized carbons (Fsp3) is 0.217. The zero-order valence-electron chi connectivity index (χ0n) is 30.1. The second kappa shape index (κ2) is 12.3. The van der Waals surface area contributed by atoms with Gasteiger partial charge in [-0.3, -0.25) is 0 Å². The Morgan fingerprint density at radius 2 is 1.14 bits per heavy atom. The molecule has 251 valence electrons. The molecule has 0 nitrogen and oxygen atoms in total. The molecule has 2 aliphatic rings. The summed E-state index contributed by atoms with van der Waals surface area (Å²) in [5, 5.41) is 5.08. The molecule has 0 N–H and O–H groups in total. The van der Waals surface area contributed by atoms with E-state index in [9.17, 15) is 0 Å². The summed E-state index contributed by atoms with van der Waals surface area (Å²) in [5.74, 6) is -1.37. The predicted molar refractivity (Wildman–Crippen MR) is 221 cm³/mol. The first-order valence-electron chi connectivity index (χ1n) is 18.1. The average Bonchev–Trinajstić information content (AvgIpc) is 3.69. The summed E-state index contributed by atoms with van der Waals surface area (Å²) < 4.78 is 0.103. The van der Waals surface area contributed by atoms with Gasteiger partial charge in [0.25, 0.3) is 0 Å². The molecule has 0 aromatic heterocycles. The second-order valence-corrected chi connectivity index (χ2v) is 58.0. The van der Waals surface area contributed by atoms with E-state index in [-0.39, 0.29) is 7.25 Å². The molecule has 6 aromatic carbocycles. The van der Waals surface area contributed by atoms with Gasteiger partial charge in [-0.05, 0) is 0 Å². The van der Waals surface area contributed by atoms with Crippen molar-refractivity contribution in [3.63, 3.8) is 0 Å². The Kier molecular flexibility index (Phi) is 8.39. The second-order valence-electron chi connectivity index (χ2n) is 15.5. The molecule has 6 aromatic rings. The van der Waals surface area contributed by atoms with Crippen LogP contribution in [0.25, 0.3) is 56.0 Å². The molecule has 0 saturated carbocycles. The van der Waals surface area contributed by atoms with Crippen molar-refractivity contribution in [2.45, 2.75) is 55.0 Å². The number of halogens is 2. The van der Waals surface area contributed by atoms with Gasteiger partial charge in [0.15, 0.2) is 0 Å². The Balaban J connectivity index is 1.39. The van der Waals surface area contributed by atoms with Crippen LogP contribution >= 0.6 is 17.0 Å². The maximum atomic E-state index is 8.80. The molecule has 0 amide bonds. The standard InChI is InChI=1S/2C22H19.C2H7Si.2ClH.Zr/c1-14-11-20-16(3)15(2)13-22(21(20)12-14)19-10-6-8-17-7-4-5-9-18(17)19;1-15(2)18-13-17-9-6-12-21(22(17)14-18)20-11-5-8-16-7-3-4-10-19(16)20;1-3-2;;;/h4-13H,1-3H3;3-15H,1-2H3;3H,1-2H3;2*1H;/q;;;;;+2/p-2. The Hall–Kier alpha value is -3.00. The molecule has 2 unspecified atom stereocenters. The maximum absolute atomic E-state index is 8.80. The Morgan fingerprint density at radius 3 is 1.74 bits per heavy atom. The quantitative estimate of drug-likeness (QED) is 0.148. The molecule has 50 heavy (non-hydrogen) atoms. The molecule has 0 spiro atoms. The van der Waals surface area contributed by atoms with E-state index in [1.165, 1.54) is 88.3 Å². The average molecular weight is 788 g/mol. The van der Waals surface area contributed by atoms with Crippen molar-refractivity contribution in [3.8, 4) is 22.3 Å². The van der Waals surface area contributed by atoms with Crippen LogP contribution in [0.2, 0.25) is 13.1 Å². The molecular formula is C46H45Cl2SiZr. The van der Waals surface area contributed by atoms with Gasteiger partial charge in [0.1, 0.15) is 0 Å². The summed E-state index contributed by atoms with van der Waals surface area (Å²) in [6.07, 6.45) is 4.95.